The van der Waals surface area contributed by atoms with E-state index in [1.165, 1.54) is 26.4 Å². The molecule has 2 aromatic rings. The molecule has 1 N–H and O–H groups in total. The van der Waals surface area contributed by atoms with Gasteiger partial charge in [-0.15, -0.1) is 0 Å². The lowest BCUT2D eigenvalue weighted by atomic mass is 10.1. The van der Waals surface area contributed by atoms with Crippen molar-refractivity contribution in [3.05, 3.63) is 69.3 Å². The first-order valence-corrected chi connectivity index (χ1v) is 8.32. The zero-order valence-electron chi connectivity index (χ0n) is 15.5. The minimum atomic E-state index is -0.730. The van der Waals surface area contributed by atoms with E-state index in [2.05, 4.69) is 10.1 Å². The number of nitrogens with zero attached hydrogens (tertiary/aromatic N) is 1. The summed E-state index contributed by atoms with van der Waals surface area (Å²) in [6.45, 7) is 0.700. The Bertz CT molecular complexity index is 867. The van der Waals surface area contributed by atoms with Crippen molar-refractivity contribution in [2.24, 2.45) is 0 Å². The molecule has 148 valence electrons. The van der Waals surface area contributed by atoms with E-state index in [0.29, 0.717) is 30.0 Å². The van der Waals surface area contributed by atoms with Crippen LogP contribution in [0.15, 0.2) is 42.5 Å². The fraction of sp³-hybridized carbons (Fsp3) is 0.263. The number of nitro groups is 1. The monoisotopic (exact) mass is 388 g/mol. The molecule has 0 saturated carbocycles. The zero-order valence-corrected chi connectivity index (χ0v) is 15.5. The largest absolute Gasteiger partial charge is 0.465 e. The van der Waals surface area contributed by atoms with Gasteiger partial charge in [-0.25, -0.2) is 9.59 Å². The molecule has 0 heterocycles. The highest BCUT2D eigenvalue weighted by Gasteiger charge is 2.18. The number of hydrogen-bond donors (Lipinski definition) is 1. The number of ether oxygens (including phenoxy) is 3. The third-order valence-electron chi connectivity index (χ3n) is 3.77. The first-order chi connectivity index (χ1) is 13.5. The van der Waals surface area contributed by atoms with Crippen molar-refractivity contribution in [3.63, 3.8) is 0 Å². The van der Waals surface area contributed by atoms with Crippen molar-refractivity contribution in [1.29, 1.82) is 0 Å². The molecule has 28 heavy (non-hydrogen) atoms. The normalized spacial score (nSPS) is 10.2. The number of carbonyl (C=O) groups is 2. The number of anilines is 1. The highest BCUT2D eigenvalue weighted by Crippen LogP contribution is 2.23. The summed E-state index contributed by atoms with van der Waals surface area (Å²) < 4.78 is 14.9. The fourth-order valence-electron chi connectivity index (χ4n) is 2.39. The third kappa shape index (κ3) is 5.52. The summed E-state index contributed by atoms with van der Waals surface area (Å²) in [6.07, 6.45) is 0. The molecule has 0 aromatic heterocycles. The van der Waals surface area contributed by atoms with Crippen LogP contribution in [0.5, 0.6) is 0 Å². The molecule has 0 fully saturated rings. The number of nitro benzene ring substituents is 1. The van der Waals surface area contributed by atoms with Crippen LogP contribution in [-0.4, -0.2) is 44.2 Å². The van der Waals surface area contributed by atoms with Crippen LogP contribution in [0.4, 0.5) is 11.4 Å². The van der Waals surface area contributed by atoms with E-state index in [9.17, 15) is 19.7 Å². The van der Waals surface area contributed by atoms with Crippen LogP contribution in [0.25, 0.3) is 0 Å². The Kier molecular flexibility index (Phi) is 7.46. The van der Waals surface area contributed by atoms with E-state index in [-0.39, 0.29) is 17.9 Å². The standard InChI is InChI=1S/C19H20N2O7/c1-26-9-8-20-17-7-6-15(21(24)25)11-16(17)19(23)28-12-13-4-3-5-14(10-13)18(22)27-2/h3-7,10-11,20H,8-9,12H2,1-2H3. The number of methoxy groups -OCH3 is 2. The van der Waals surface area contributed by atoms with E-state index in [0.717, 1.165) is 6.07 Å². The molecule has 0 amide bonds. The average molecular weight is 388 g/mol. The molecule has 0 saturated heterocycles. The SMILES string of the molecule is COCCNc1ccc([N+](=O)[O-])cc1C(=O)OCc1cccc(C(=O)OC)c1. The number of non-ortho nitro benzene ring substituents is 1. The molecule has 0 aliphatic carbocycles. The summed E-state index contributed by atoms with van der Waals surface area (Å²) in [5.41, 5.74) is 1.12. The molecule has 0 atom stereocenters. The first kappa shape index (κ1) is 20.8. The predicted octanol–water partition coefficient (Wildman–Crippen LogP) is 2.80. The van der Waals surface area contributed by atoms with Gasteiger partial charge in [0.05, 0.1) is 29.8 Å². The molecule has 2 aromatic carbocycles. The lowest BCUT2D eigenvalue weighted by Gasteiger charge is -2.12. The number of hydrogen-bond acceptors (Lipinski definition) is 8. The molecular weight excluding hydrogens is 368 g/mol. The second-order valence-electron chi connectivity index (χ2n) is 5.67. The average Bonchev–Trinajstić information content (AvgIpc) is 2.71. The minimum Gasteiger partial charge on any atom is -0.465 e. The summed E-state index contributed by atoms with van der Waals surface area (Å²) in [5, 5.41) is 14.0. The van der Waals surface area contributed by atoms with Gasteiger partial charge in [0.15, 0.2) is 0 Å². The van der Waals surface area contributed by atoms with Crippen LogP contribution in [0, 0.1) is 10.1 Å². The molecule has 0 unspecified atom stereocenters. The van der Waals surface area contributed by atoms with E-state index in [1.54, 1.807) is 24.3 Å². The van der Waals surface area contributed by atoms with Gasteiger partial charge in [-0.2, -0.15) is 0 Å². The van der Waals surface area contributed by atoms with Crippen molar-refractivity contribution in [2.75, 3.05) is 32.7 Å². The summed E-state index contributed by atoms with van der Waals surface area (Å²) in [7, 11) is 2.81. The Morgan fingerprint density at radius 3 is 2.57 bits per heavy atom. The van der Waals surface area contributed by atoms with Crippen LogP contribution < -0.4 is 5.32 Å². The smallest absolute Gasteiger partial charge is 0.340 e. The van der Waals surface area contributed by atoms with Gasteiger partial charge in [0.2, 0.25) is 0 Å². The number of carbonyl (C=O) groups excluding carboxylic acids is 2. The minimum absolute atomic E-state index is 0.0365. The van der Waals surface area contributed by atoms with Crippen LogP contribution in [0.2, 0.25) is 0 Å². The van der Waals surface area contributed by atoms with E-state index in [4.69, 9.17) is 9.47 Å². The quantitative estimate of drug-likeness (QED) is 0.302. The third-order valence-corrected chi connectivity index (χ3v) is 3.77. The maximum Gasteiger partial charge on any atom is 0.340 e. The number of benzene rings is 2. The molecule has 0 spiro atoms. The van der Waals surface area contributed by atoms with Gasteiger partial charge in [-0.05, 0) is 23.8 Å². The highest BCUT2D eigenvalue weighted by molar-refractivity contribution is 5.96. The van der Waals surface area contributed by atoms with Crippen molar-refractivity contribution in [2.45, 2.75) is 6.61 Å². The molecule has 9 heteroatoms. The van der Waals surface area contributed by atoms with Crippen LogP contribution >= 0.6 is 0 Å². The molecule has 0 aliphatic rings. The van der Waals surface area contributed by atoms with Gasteiger partial charge in [-0.1, -0.05) is 12.1 Å². The van der Waals surface area contributed by atoms with Gasteiger partial charge >= 0.3 is 11.9 Å². The van der Waals surface area contributed by atoms with E-state index < -0.39 is 16.9 Å². The predicted molar refractivity (Wildman–Crippen MR) is 100 cm³/mol. The molecule has 0 bridgehead atoms. The maximum atomic E-state index is 12.5. The van der Waals surface area contributed by atoms with Crippen LogP contribution in [0.3, 0.4) is 0 Å². The molecule has 0 radical (unpaired) electrons. The Balaban J connectivity index is 2.16. The van der Waals surface area contributed by atoms with Crippen LogP contribution in [-0.2, 0) is 20.8 Å². The zero-order chi connectivity index (χ0) is 20.5. The maximum absolute atomic E-state index is 12.5. The Hall–Kier alpha value is -3.46. The summed E-state index contributed by atoms with van der Waals surface area (Å²) in [4.78, 5) is 34.5. The van der Waals surface area contributed by atoms with Gasteiger partial charge < -0.3 is 19.5 Å². The molecule has 9 nitrogen and oxygen atoms in total. The highest BCUT2D eigenvalue weighted by atomic mass is 16.6. The van der Waals surface area contributed by atoms with Crippen molar-refractivity contribution >= 4 is 23.3 Å². The summed E-state index contributed by atoms with van der Waals surface area (Å²) >= 11 is 0. The summed E-state index contributed by atoms with van der Waals surface area (Å²) in [6, 6.07) is 10.3. The number of nitrogens with one attached hydrogen (secondary N) is 1. The van der Waals surface area contributed by atoms with Gasteiger partial charge in [-0.3, -0.25) is 10.1 Å². The second-order valence-corrected chi connectivity index (χ2v) is 5.67. The van der Waals surface area contributed by atoms with Gasteiger partial charge in [0.25, 0.3) is 5.69 Å². The fourth-order valence-corrected chi connectivity index (χ4v) is 2.39. The second kappa shape index (κ2) is 10.0. The van der Waals surface area contributed by atoms with Gasteiger partial charge in [0, 0.05) is 31.5 Å². The van der Waals surface area contributed by atoms with Gasteiger partial charge in [0.1, 0.15) is 6.61 Å². The first-order valence-electron chi connectivity index (χ1n) is 8.32. The lowest BCUT2D eigenvalue weighted by molar-refractivity contribution is -0.384. The summed E-state index contributed by atoms with van der Waals surface area (Å²) in [5.74, 6) is -1.23. The molecule has 2 rings (SSSR count). The Morgan fingerprint density at radius 1 is 1.11 bits per heavy atom. The van der Waals surface area contributed by atoms with Crippen LogP contribution in [0.1, 0.15) is 26.3 Å². The van der Waals surface area contributed by atoms with Crippen molar-refractivity contribution in [3.8, 4) is 0 Å². The lowest BCUT2D eigenvalue weighted by Crippen LogP contribution is -2.13. The Morgan fingerprint density at radius 2 is 1.89 bits per heavy atom. The van der Waals surface area contributed by atoms with E-state index in [1.807, 2.05) is 0 Å². The van der Waals surface area contributed by atoms with E-state index >= 15 is 0 Å². The number of rotatable bonds is 9. The van der Waals surface area contributed by atoms with Crippen molar-refractivity contribution < 1.29 is 28.7 Å². The number of esters is 2. The molecule has 0 aliphatic heterocycles. The topological polar surface area (TPSA) is 117 Å². The Labute approximate surface area is 161 Å². The van der Waals surface area contributed by atoms with Crippen molar-refractivity contribution in [1.82, 2.24) is 0 Å². The molecular formula is C19H20N2O7.